The third-order valence-corrected chi connectivity index (χ3v) is 4.25. The minimum absolute atomic E-state index is 0.522. The van der Waals surface area contributed by atoms with Gasteiger partial charge in [0.05, 0.1) is 0 Å². The summed E-state index contributed by atoms with van der Waals surface area (Å²) in [7, 11) is 0. The molecule has 2 bridgehead atoms. The van der Waals surface area contributed by atoms with Crippen molar-refractivity contribution in [3.8, 4) is 0 Å². The van der Waals surface area contributed by atoms with E-state index in [4.69, 9.17) is 5.11 Å². The second kappa shape index (κ2) is 5.00. The van der Waals surface area contributed by atoms with Crippen molar-refractivity contribution in [3.05, 3.63) is 12.2 Å². The summed E-state index contributed by atoms with van der Waals surface area (Å²) in [5.74, 6) is 1.86. The van der Waals surface area contributed by atoms with Gasteiger partial charge in [0.1, 0.15) is 0 Å². The molecule has 0 aromatic carbocycles. The molecule has 16 heavy (non-hydrogen) atoms. The topological polar surface area (TPSA) is 49.3 Å². The fourth-order valence-electron chi connectivity index (χ4n) is 3.47. The number of hydrogen-bond acceptors (Lipinski definition) is 2. The van der Waals surface area contributed by atoms with Crippen LogP contribution in [0.5, 0.6) is 0 Å². The summed E-state index contributed by atoms with van der Waals surface area (Å²) >= 11 is 0. The van der Waals surface area contributed by atoms with Gasteiger partial charge in [-0.05, 0) is 43.9 Å². The van der Waals surface area contributed by atoms with E-state index in [0.717, 1.165) is 17.8 Å². The highest BCUT2D eigenvalue weighted by Crippen LogP contribution is 2.49. The first-order valence-corrected chi connectivity index (χ1v) is 6.29. The fourth-order valence-corrected chi connectivity index (χ4v) is 3.47. The van der Waals surface area contributed by atoms with Crippen molar-refractivity contribution in [1.82, 2.24) is 5.32 Å². The summed E-state index contributed by atoms with van der Waals surface area (Å²) < 4.78 is 0. The molecular weight excluding hydrogens is 202 g/mol. The highest BCUT2D eigenvalue weighted by Gasteiger charge is 2.41. The lowest BCUT2D eigenvalue weighted by Crippen LogP contribution is -2.36. The zero-order chi connectivity index (χ0) is 11.5. The molecule has 3 nitrogen and oxygen atoms in total. The van der Waals surface area contributed by atoms with Crippen LogP contribution in [0.1, 0.15) is 32.6 Å². The molecule has 2 aliphatic carbocycles. The molecule has 0 heterocycles. The van der Waals surface area contributed by atoms with Crippen molar-refractivity contribution in [3.63, 3.8) is 0 Å². The van der Waals surface area contributed by atoms with E-state index in [1.54, 1.807) is 6.08 Å². The third-order valence-electron chi connectivity index (χ3n) is 4.25. The molecule has 2 rings (SSSR count). The Morgan fingerprint density at radius 3 is 2.88 bits per heavy atom. The zero-order valence-electron chi connectivity index (χ0n) is 9.86. The Hall–Kier alpha value is -0.830. The molecule has 4 unspecified atom stereocenters. The summed E-state index contributed by atoms with van der Waals surface area (Å²) in [5, 5.41) is 11.9. The van der Waals surface area contributed by atoms with Crippen molar-refractivity contribution < 1.29 is 9.90 Å². The van der Waals surface area contributed by atoms with E-state index in [9.17, 15) is 4.79 Å². The average Bonchev–Trinajstić information content (AvgIpc) is 2.85. The third kappa shape index (κ3) is 2.64. The van der Waals surface area contributed by atoms with Gasteiger partial charge in [-0.3, -0.25) is 0 Å². The molecule has 2 saturated carbocycles. The Morgan fingerprint density at radius 2 is 2.31 bits per heavy atom. The normalized spacial score (nSPS) is 34.7. The number of fused-ring (bicyclic) bond motifs is 2. The number of hydrogen-bond donors (Lipinski definition) is 2. The van der Waals surface area contributed by atoms with Gasteiger partial charge in [0.15, 0.2) is 0 Å². The van der Waals surface area contributed by atoms with Crippen molar-refractivity contribution in [2.75, 3.05) is 6.54 Å². The minimum Gasteiger partial charge on any atom is -0.478 e. The molecule has 90 valence electrons. The van der Waals surface area contributed by atoms with Crippen molar-refractivity contribution >= 4 is 5.97 Å². The molecule has 0 radical (unpaired) electrons. The molecule has 0 aliphatic heterocycles. The summed E-state index contributed by atoms with van der Waals surface area (Å²) in [5.41, 5.74) is 0. The van der Waals surface area contributed by atoms with Crippen LogP contribution in [0.25, 0.3) is 0 Å². The number of rotatable bonds is 5. The highest BCUT2D eigenvalue weighted by molar-refractivity contribution is 5.79. The Balaban J connectivity index is 1.72. The zero-order valence-corrected chi connectivity index (χ0v) is 9.86. The van der Waals surface area contributed by atoms with Crippen LogP contribution >= 0.6 is 0 Å². The van der Waals surface area contributed by atoms with Gasteiger partial charge in [-0.15, -0.1) is 0 Å². The second-order valence-corrected chi connectivity index (χ2v) is 5.28. The first kappa shape index (κ1) is 11.6. The van der Waals surface area contributed by atoms with Crippen LogP contribution in [0.15, 0.2) is 12.2 Å². The van der Waals surface area contributed by atoms with Crippen LogP contribution in [0.2, 0.25) is 0 Å². The van der Waals surface area contributed by atoms with Crippen LogP contribution in [0, 0.1) is 17.8 Å². The Bertz CT molecular complexity index is 288. The van der Waals surface area contributed by atoms with E-state index >= 15 is 0 Å². The molecule has 3 heteroatoms. The smallest absolute Gasteiger partial charge is 0.328 e. The molecule has 2 N–H and O–H groups in total. The quantitative estimate of drug-likeness (QED) is 0.701. The Kier molecular flexibility index (Phi) is 3.64. The first-order chi connectivity index (χ1) is 7.66. The summed E-state index contributed by atoms with van der Waals surface area (Å²) in [6, 6.07) is 0.522. The van der Waals surface area contributed by atoms with E-state index in [-0.39, 0.29) is 0 Å². The summed E-state index contributed by atoms with van der Waals surface area (Å²) in [4.78, 5) is 10.3. The van der Waals surface area contributed by atoms with E-state index in [1.165, 1.54) is 31.8 Å². The fraction of sp³-hybridized carbons (Fsp3) is 0.769. The Labute approximate surface area is 96.9 Å². The van der Waals surface area contributed by atoms with Crippen LogP contribution in [-0.2, 0) is 4.79 Å². The second-order valence-electron chi connectivity index (χ2n) is 5.28. The standard InChI is InChI=1S/C13H21NO2/c1-9(14-6-2-3-13(15)16)12-8-10-4-5-11(12)7-10/h2-3,9-12,14H,4-8H2,1H3,(H,15,16)/b3-2+. The van der Waals surface area contributed by atoms with Gasteiger partial charge in [-0.25, -0.2) is 4.79 Å². The van der Waals surface area contributed by atoms with Gasteiger partial charge < -0.3 is 10.4 Å². The Morgan fingerprint density at radius 1 is 1.50 bits per heavy atom. The van der Waals surface area contributed by atoms with Gasteiger partial charge in [0.2, 0.25) is 0 Å². The first-order valence-electron chi connectivity index (χ1n) is 6.29. The lowest BCUT2D eigenvalue weighted by atomic mass is 9.84. The maximum atomic E-state index is 10.3. The van der Waals surface area contributed by atoms with Crippen molar-refractivity contribution in [1.29, 1.82) is 0 Å². The van der Waals surface area contributed by atoms with Gasteiger partial charge in [0.25, 0.3) is 0 Å². The molecule has 4 atom stereocenters. The van der Waals surface area contributed by atoms with Crippen LogP contribution in [0.4, 0.5) is 0 Å². The lowest BCUT2D eigenvalue weighted by molar-refractivity contribution is -0.131. The number of carboxylic acids is 1. The molecular formula is C13H21NO2. The monoisotopic (exact) mass is 223 g/mol. The molecule has 0 aromatic heterocycles. The highest BCUT2D eigenvalue weighted by atomic mass is 16.4. The maximum absolute atomic E-state index is 10.3. The van der Waals surface area contributed by atoms with Gasteiger partial charge in [-0.2, -0.15) is 0 Å². The maximum Gasteiger partial charge on any atom is 0.328 e. The van der Waals surface area contributed by atoms with Gasteiger partial charge >= 0.3 is 5.97 Å². The van der Waals surface area contributed by atoms with Crippen molar-refractivity contribution in [2.24, 2.45) is 17.8 Å². The minimum atomic E-state index is -0.866. The molecule has 0 aromatic rings. The largest absolute Gasteiger partial charge is 0.478 e. The SMILES string of the molecule is CC(NC/C=C/C(=O)O)C1CC2CCC1C2. The number of nitrogens with one attached hydrogen (secondary N) is 1. The number of carboxylic acid groups (broad SMARTS) is 1. The lowest BCUT2D eigenvalue weighted by Gasteiger charge is -2.28. The molecule has 0 amide bonds. The van der Waals surface area contributed by atoms with E-state index in [1.807, 2.05) is 0 Å². The average molecular weight is 223 g/mol. The number of aliphatic carboxylic acids is 1. The summed E-state index contributed by atoms with van der Waals surface area (Å²) in [6.45, 7) is 2.90. The molecule has 2 aliphatic rings. The predicted octanol–water partition coefficient (Wildman–Crippen LogP) is 2.04. The molecule has 0 spiro atoms. The van der Waals surface area contributed by atoms with E-state index in [2.05, 4.69) is 12.2 Å². The van der Waals surface area contributed by atoms with Crippen LogP contribution in [-0.4, -0.2) is 23.7 Å². The molecule has 2 fully saturated rings. The van der Waals surface area contributed by atoms with Crippen molar-refractivity contribution in [2.45, 2.75) is 38.6 Å². The van der Waals surface area contributed by atoms with E-state index < -0.39 is 5.97 Å². The van der Waals surface area contributed by atoms with Gasteiger partial charge in [-0.1, -0.05) is 12.5 Å². The van der Waals surface area contributed by atoms with Crippen LogP contribution in [0.3, 0.4) is 0 Å². The van der Waals surface area contributed by atoms with E-state index in [0.29, 0.717) is 12.6 Å². The van der Waals surface area contributed by atoms with Gasteiger partial charge in [0, 0.05) is 18.7 Å². The summed E-state index contributed by atoms with van der Waals surface area (Å²) in [6.07, 6.45) is 8.55. The van der Waals surface area contributed by atoms with Crippen LogP contribution < -0.4 is 5.32 Å². The number of carbonyl (C=O) groups is 1. The molecule has 0 saturated heterocycles. The predicted molar refractivity (Wildman–Crippen MR) is 63.2 cm³/mol.